The highest BCUT2D eigenvalue weighted by molar-refractivity contribution is 7.89. The van der Waals surface area contributed by atoms with Crippen LogP contribution in [0.4, 0.5) is 0 Å². The Balaban J connectivity index is 2.18. The number of hydrogen-bond acceptors (Lipinski definition) is 5. The van der Waals surface area contributed by atoms with Crippen LogP contribution in [0.15, 0.2) is 9.59 Å². The predicted octanol–water partition coefficient (Wildman–Crippen LogP) is -1.17. The van der Waals surface area contributed by atoms with Gasteiger partial charge in [0.15, 0.2) is 5.65 Å². The molecule has 9 nitrogen and oxygen atoms in total. The van der Waals surface area contributed by atoms with Crippen molar-refractivity contribution in [1.29, 1.82) is 0 Å². The van der Waals surface area contributed by atoms with Crippen molar-refractivity contribution in [2.24, 2.45) is 14.1 Å². The number of nitrogens with zero attached hydrogens (tertiary/aromatic N) is 3. The third kappa shape index (κ3) is 3.12. The molecule has 0 fully saturated rings. The number of H-pyrrole nitrogens is 1. The van der Waals surface area contributed by atoms with Crippen molar-refractivity contribution in [3.63, 3.8) is 0 Å². The molecule has 2 aromatic rings. The molecular formula is C12H19N5O4S. The van der Waals surface area contributed by atoms with Crippen LogP contribution in [0.5, 0.6) is 0 Å². The van der Waals surface area contributed by atoms with Gasteiger partial charge in [0, 0.05) is 27.1 Å². The molecule has 2 rings (SSSR count). The lowest BCUT2D eigenvalue weighted by Gasteiger charge is -2.02. The summed E-state index contributed by atoms with van der Waals surface area (Å²) < 4.78 is 27.4. The first-order valence-corrected chi connectivity index (χ1v) is 8.54. The molecule has 0 spiro atoms. The van der Waals surface area contributed by atoms with Crippen LogP contribution < -0.4 is 16.0 Å². The van der Waals surface area contributed by atoms with Crippen LogP contribution in [0.1, 0.15) is 19.2 Å². The van der Waals surface area contributed by atoms with Gasteiger partial charge in [0.1, 0.15) is 11.3 Å². The van der Waals surface area contributed by atoms with Crippen LogP contribution in [-0.4, -0.2) is 39.8 Å². The highest BCUT2D eigenvalue weighted by atomic mass is 32.2. The SMILES string of the molecule is CCS(=O)(=O)NCCCc1nc2c([nH]1)c(=O)n(C)c(=O)n2C. The number of aryl methyl sites for hydroxylation is 2. The molecular weight excluding hydrogens is 310 g/mol. The van der Waals surface area contributed by atoms with Crippen molar-refractivity contribution in [3.8, 4) is 0 Å². The summed E-state index contributed by atoms with van der Waals surface area (Å²) in [4.78, 5) is 31.0. The smallest absolute Gasteiger partial charge is 0.332 e. The van der Waals surface area contributed by atoms with E-state index in [-0.39, 0.29) is 11.3 Å². The topological polar surface area (TPSA) is 119 Å². The van der Waals surface area contributed by atoms with Gasteiger partial charge < -0.3 is 4.98 Å². The molecule has 0 saturated heterocycles. The van der Waals surface area contributed by atoms with Gasteiger partial charge in [-0.05, 0) is 13.3 Å². The van der Waals surface area contributed by atoms with Gasteiger partial charge in [-0.1, -0.05) is 0 Å². The number of nitrogens with one attached hydrogen (secondary N) is 2. The molecule has 2 heterocycles. The molecule has 0 saturated carbocycles. The standard InChI is InChI=1S/C12H19N5O4S/c1-4-22(20,21)13-7-5-6-8-14-9-10(15-8)16(2)12(19)17(3)11(9)18/h13H,4-7H2,1-3H3,(H,14,15). The number of imidazole rings is 1. The second kappa shape index (κ2) is 6.05. The van der Waals surface area contributed by atoms with E-state index in [0.29, 0.717) is 30.9 Å². The fourth-order valence-corrected chi connectivity index (χ4v) is 2.74. The summed E-state index contributed by atoms with van der Waals surface area (Å²) in [7, 11) is -0.250. The van der Waals surface area contributed by atoms with Crippen LogP contribution in [0.25, 0.3) is 11.2 Å². The summed E-state index contributed by atoms with van der Waals surface area (Å²) in [5.74, 6) is 0.583. The molecule has 2 aromatic heterocycles. The molecule has 0 bridgehead atoms. The van der Waals surface area contributed by atoms with E-state index >= 15 is 0 Å². The van der Waals surface area contributed by atoms with E-state index in [2.05, 4.69) is 14.7 Å². The van der Waals surface area contributed by atoms with E-state index in [4.69, 9.17) is 0 Å². The van der Waals surface area contributed by atoms with Crippen molar-refractivity contribution in [3.05, 3.63) is 26.7 Å². The minimum atomic E-state index is -3.20. The van der Waals surface area contributed by atoms with Crippen LogP contribution >= 0.6 is 0 Å². The number of rotatable bonds is 6. The van der Waals surface area contributed by atoms with E-state index in [1.54, 1.807) is 14.0 Å². The summed E-state index contributed by atoms with van der Waals surface area (Å²) in [5.41, 5.74) is -0.291. The second-order valence-electron chi connectivity index (χ2n) is 4.99. The molecule has 0 atom stereocenters. The molecule has 22 heavy (non-hydrogen) atoms. The molecule has 122 valence electrons. The maximum Gasteiger partial charge on any atom is 0.332 e. The first-order valence-electron chi connectivity index (χ1n) is 6.88. The zero-order chi connectivity index (χ0) is 16.5. The van der Waals surface area contributed by atoms with Crippen LogP contribution in [0, 0.1) is 0 Å². The van der Waals surface area contributed by atoms with Gasteiger partial charge in [-0.3, -0.25) is 13.9 Å². The number of aromatic amines is 1. The largest absolute Gasteiger partial charge is 0.336 e. The van der Waals surface area contributed by atoms with Crippen LogP contribution in [0.2, 0.25) is 0 Å². The van der Waals surface area contributed by atoms with Gasteiger partial charge in [0.2, 0.25) is 10.0 Å². The van der Waals surface area contributed by atoms with Crippen LogP contribution in [0.3, 0.4) is 0 Å². The summed E-state index contributed by atoms with van der Waals surface area (Å²) >= 11 is 0. The van der Waals surface area contributed by atoms with E-state index in [1.165, 1.54) is 11.6 Å². The normalized spacial score (nSPS) is 12.1. The Bertz CT molecular complexity index is 906. The first-order chi connectivity index (χ1) is 10.3. The van der Waals surface area contributed by atoms with E-state index in [1.807, 2.05) is 0 Å². The summed E-state index contributed by atoms with van der Waals surface area (Å²) in [6.07, 6.45) is 1.01. The lowest BCUT2D eigenvalue weighted by molar-refractivity contribution is 0.579. The highest BCUT2D eigenvalue weighted by Gasteiger charge is 2.13. The number of aromatic nitrogens is 4. The monoisotopic (exact) mass is 329 g/mol. The maximum absolute atomic E-state index is 12.0. The Morgan fingerprint density at radius 1 is 1.23 bits per heavy atom. The third-order valence-electron chi connectivity index (χ3n) is 3.44. The zero-order valence-corrected chi connectivity index (χ0v) is 13.5. The van der Waals surface area contributed by atoms with Crippen LogP contribution in [-0.2, 0) is 30.5 Å². The van der Waals surface area contributed by atoms with Gasteiger partial charge in [-0.15, -0.1) is 0 Å². The van der Waals surface area contributed by atoms with E-state index < -0.39 is 21.3 Å². The number of hydrogen-bond donors (Lipinski definition) is 2. The Kier molecular flexibility index (Phi) is 4.52. The molecule has 0 aromatic carbocycles. The molecule has 0 radical (unpaired) electrons. The van der Waals surface area contributed by atoms with Gasteiger partial charge in [-0.2, -0.15) is 0 Å². The van der Waals surface area contributed by atoms with Crippen molar-refractivity contribution in [1.82, 2.24) is 23.8 Å². The molecule has 0 aliphatic heterocycles. The minimum absolute atomic E-state index is 0.0375. The second-order valence-corrected chi connectivity index (χ2v) is 7.08. The molecule has 0 aliphatic carbocycles. The van der Waals surface area contributed by atoms with Crippen molar-refractivity contribution >= 4 is 21.2 Å². The number of sulfonamides is 1. The highest BCUT2D eigenvalue weighted by Crippen LogP contribution is 2.06. The van der Waals surface area contributed by atoms with Crippen molar-refractivity contribution in [2.45, 2.75) is 19.8 Å². The van der Waals surface area contributed by atoms with Gasteiger partial charge in [0.25, 0.3) is 5.56 Å². The minimum Gasteiger partial charge on any atom is -0.336 e. The van der Waals surface area contributed by atoms with E-state index in [0.717, 1.165) is 4.57 Å². The maximum atomic E-state index is 12.0. The Labute approximate surface area is 127 Å². The molecule has 0 unspecified atom stereocenters. The molecule has 10 heteroatoms. The molecule has 0 amide bonds. The third-order valence-corrected chi connectivity index (χ3v) is 4.84. The summed E-state index contributed by atoms with van der Waals surface area (Å²) in [6, 6.07) is 0. The van der Waals surface area contributed by atoms with Crippen molar-refractivity contribution < 1.29 is 8.42 Å². The lowest BCUT2D eigenvalue weighted by atomic mass is 10.3. The van der Waals surface area contributed by atoms with Gasteiger partial charge >= 0.3 is 5.69 Å². The van der Waals surface area contributed by atoms with Gasteiger partial charge in [-0.25, -0.2) is 22.9 Å². The van der Waals surface area contributed by atoms with Crippen molar-refractivity contribution in [2.75, 3.05) is 12.3 Å². The fourth-order valence-electron chi connectivity index (χ4n) is 2.08. The summed E-state index contributed by atoms with van der Waals surface area (Å²) in [6.45, 7) is 1.86. The Morgan fingerprint density at radius 3 is 2.55 bits per heavy atom. The Hall–Kier alpha value is -1.94. The number of fused-ring (bicyclic) bond motifs is 1. The zero-order valence-electron chi connectivity index (χ0n) is 12.7. The predicted molar refractivity (Wildman–Crippen MR) is 82.4 cm³/mol. The van der Waals surface area contributed by atoms with Gasteiger partial charge in [0.05, 0.1) is 5.75 Å². The lowest BCUT2D eigenvalue weighted by Crippen LogP contribution is -2.36. The molecule has 0 aliphatic rings. The fraction of sp³-hybridized carbons (Fsp3) is 0.583. The Morgan fingerprint density at radius 2 is 1.91 bits per heavy atom. The molecule has 2 N–H and O–H groups in total. The average Bonchev–Trinajstić information content (AvgIpc) is 2.92. The summed E-state index contributed by atoms with van der Waals surface area (Å²) in [5, 5.41) is 0. The average molecular weight is 329 g/mol. The first kappa shape index (κ1) is 16.4. The van der Waals surface area contributed by atoms with E-state index in [9.17, 15) is 18.0 Å². The quantitative estimate of drug-likeness (QED) is 0.648.